The van der Waals surface area contributed by atoms with Crippen molar-refractivity contribution in [3.63, 3.8) is 0 Å². The highest BCUT2D eigenvalue weighted by Gasteiger charge is 2.06. The molecule has 0 aliphatic rings. The molecule has 0 amide bonds. The first-order chi connectivity index (χ1) is 3.18. The van der Waals surface area contributed by atoms with E-state index >= 15 is 0 Å². The van der Waals surface area contributed by atoms with E-state index in [1.807, 2.05) is 13.8 Å². The van der Waals surface area contributed by atoms with Crippen LogP contribution in [-0.4, -0.2) is 11.3 Å². The second-order valence-corrected chi connectivity index (χ2v) is 2.53. The molecule has 0 aliphatic heterocycles. The molecular formula is C5H9Cl2. The quantitative estimate of drug-likeness (QED) is 0.516. The Bertz CT molecular complexity index is 43.3. The average Bonchev–Trinajstić information content (AvgIpc) is 1.65. The lowest BCUT2D eigenvalue weighted by Crippen LogP contribution is -2.05. The van der Waals surface area contributed by atoms with Crippen LogP contribution in [0.15, 0.2) is 0 Å². The third-order valence-electron chi connectivity index (χ3n) is 0.762. The molecule has 43 valence electrons. The summed E-state index contributed by atoms with van der Waals surface area (Å²) in [5.41, 5.74) is 0. The van der Waals surface area contributed by atoms with Gasteiger partial charge < -0.3 is 0 Å². The first-order valence-electron chi connectivity index (χ1n) is 2.18. The van der Waals surface area contributed by atoms with Crippen LogP contribution < -0.4 is 0 Å². The summed E-state index contributed by atoms with van der Waals surface area (Å²) in [4.78, 5) is 0. The van der Waals surface area contributed by atoms with Crippen molar-refractivity contribution in [3.8, 4) is 0 Å². The fourth-order valence-electron chi connectivity index (χ4n) is 0.154. The third kappa shape index (κ3) is 3.19. The van der Waals surface area contributed by atoms with Crippen molar-refractivity contribution in [3.05, 3.63) is 5.92 Å². The summed E-state index contributed by atoms with van der Waals surface area (Å²) in [5, 5.41) is 0.0571. The Labute approximate surface area is 54.8 Å². The van der Waals surface area contributed by atoms with Gasteiger partial charge in [-0.2, -0.15) is 0 Å². The zero-order valence-electron chi connectivity index (χ0n) is 4.54. The van der Waals surface area contributed by atoms with Crippen LogP contribution in [0, 0.1) is 5.92 Å². The Morgan fingerprint density at radius 1 is 1.57 bits per heavy atom. The maximum Gasteiger partial charge on any atom is 0.0528 e. The molecule has 0 saturated carbocycles. The van der Waals surface area contributed by atoms with Crippen LogP contribution >= 0.6 is 23.2 Å². The molecule has 0 nitrogen and oxygen atoms in total. The molecule has 0 N–H and O–H groups in total. The van der Waals surface area contributed by atoms with Crippen LogP contribution in [0.1, 0.15) is 13.8 Å². The lowest BCUT2D eigenvalue weighted by Gasteiger charge is -2.05. The van der Waals surface area contributed by atoms with Crippen molar-refractivity contribution >= 4 is 23.2 Å². The molecule has 1 radical (unpaired) electrons. The zero-order valence-corrected chi connectivity index (χ0v) is 6.05. The van der Waals surface area contributed by atoms with Gasteiger partial charge in [0.15, 0.2) is 0 Å². The molecule has 2 heteroatoms. The van der Waals surface area contributed by atoms with Gasteiger partial charge >= 0.3 is 0 Å². The highest BCUT2D eigenvalue weighted by Crippen LogP contribution is 2.11. The predicted octanol–water partition coefficient (Wildman–Crippen LogP) is 2.45. The molecule has 0 saturated heterocycles. The molecule has 0 aliphatic carbocycles. The molecule has 0 rings (SSSR count). The lowest BCUT2D eigenvalue weighted by molar-refractivity contribution is 0.938. The van der Waals surface area contributed by atoms with Crippen LogP contribution in [0.5, 0.6) is 0 Å². The molecule has 1 atom stereocenters. The average molecular weight is 140 g/mol. The molecule has 7 heavy (non-hydrogen) atoms. The Hall–Kier alpha value is 0.580. The molecule has 0 heterocycles. The normalized spacial score (nSPS) is 15.0. The van der Waals surface area contributed by atoms with E-state index in [0.717, 1.165) is 0 Å². The lowest BCUT2D eigenvalue weighted by atomic mass is 10.2. The van der Waals surface area contributed by atoms with E-state index in [0.29, 0.717) is 5.88 Å². The van der Waals surface area contributed by atoms with Crippen molar-refractivity contribution in [2.24, 2.45) is 0 Å². The van der Waals surface area contributed by atoms with Crippen molar-refractivity contribution in [2.45, 2.75) is 19.2 Å². The number of halogens is 2. The van der Waals surface area contributed by atoms with Gasteiger partial charge in [0.1, 0.15) is 0 Å². The van der Waals surface area contributed by atoms with Crippen LogP contribution in [-0.2, 0) is 0 Å². The van der Waals surface area contributed by atoms with Crippen molar-refractivity contribution in [1.82, 2.24) is 0 Å². The summed E-state index contributed by atoms with van der Waals surface area (Å²) in [6.07, 6.45) is 0. The van der Waals surface area contributed by atoms with E-state index in [1.165, 1.54) is 5.92 Å². The highest BCUT2D eigenvalue weighted by atomic mass is 35.5. The minimum atomic E-state index is 0.0571. The Morgan fingerprint density at radius 3 is 2.00 bits per heavy atom. The zero-order chi connectivity index (χ0) is 5.86. The van der Waals surface area contributed by atoms with E-state index in [9.17, 15) is 0 Å². The molecule has 1 unspecified atom stereocenters. The maximum absolute atomic E-state index is 5.63. The van der Waals surface area contributed by atoms with Gasteiger partial charge in [-0.25, -0.2) is 0 Å². The monoisotopic (exact) mass is 139 g/mol. The van der Waals surface area contributed by atoms with E-state index < -0.39 is 0 Å². The predicted molar refractivity (Wildman–Crippen MR) is 35.0 cm³/mol. The second kappa shape index (κ2) is 3.57. The van der Waals surface area contributed by atoms with E-state index in [4.69, 9.17) is 23.2 Å². The smallest absolute Gasteiger partial charge is 0.0528 e. The minimum Gasteiger partial charge on any atom is -0.125 e. The Kier molecular flexibility index (Phi) is 3.86. The van der Waals surface area contributed by atoms with Gasteiger partial charge in [0.25, 0.3) is 0 Å². The number of hydrogen-bond donors (Lipinski definition) is 0. The first-order valence-corrected chi connectivity index (χ1v) is 3.15. The molecular weight excluding hydrogens is 131 g/mol. The second-order valence-electron chi connectivity index (χ2n) is 1.70. The topological polar surface area (TPSA) is 0 Å². The summed E-state index contributed by atoms with van der Waals surface area (Å²) < 4.78 is 0. The largest absolute Gasteiger partial charge is 0.125 e. The maximum atomic E-state index is 5.63. The van der Waals surface area contributed by atoms with Crippen LogP contribution in [0.2, 0.25) is 0 Å². The summed E-state index contributed by atoms with van der Waals surface area (Å²) >= 11 is 11.0. The standard InChI is InChI=1S/C5H9Cl2/c1-4(2)5(7)3-6/h5H,3H2,1-2H3. The van der Waals surface area contributed by atoms with E-state index in [2.05, 4.69) is 0 Å². The van der Waals surface area contributed by atoms with Gasteiger partial charge in [0.05, 0.1) is 5.38 Å². The van der Waals surface area contributed by atoms with Crippen molar-refractivity contribution in [1.29, 1.82) is 0 Å². The molecule has 0 bridgehead atoms. The van der Waals surface area contributed by atoms with Gasteiger partial charge in [-0.3, -0.25) is 0 Å². The fraction of sp³-hybridized carbons (Fsp3) is 0.800. The van der Waals surface area contributed by atoms with E-state index in [-0.39, 0.29) is 5.38 Å². The SMILES string of the molecule is C[C](C)C(Cl)CCl. The fourth-order valence-corrected chi connectivity index (χ4v) is 0.463. The van der Waals surface area contributed by atoms with Gasteiger partial charge in [-0.1, -0.05) is 13.8 Å². The van der Waals surface area contributed by atoms with Gasteiger partial charge in [-0.05, 0) is 5.92 Å². The minimum absolute atomic E-state index is 0.0571. The molecule has 0 fully saturated rings. The summed E-state index contributed by atoms with van der Waals surface area (Å²) in [6.45, 7) is 3.94. The Balaban J connectivity index is 3.14. The summed E-state index contributed by atoms with van der Waals surface area (Å²) in [6, 6.07) is 0. The van der Waals surface area contributed by atoms with E-state index in [1.54, 1.807) is 0 Å². The Morgan fingerprint density at radius 2 is 2.00 bits per heavy atom. The van der Waals surface area contributed by atoms with Gasteiger partial charge in [-0.15, -0.1) is 23.2 Å². The molecule has 0 spiro atoms. The summed E-state index contributed by atoms with van der Waals surface area (Å²) in [5.74, 6) is 1.70. The van der Waals surface area contributed by atoms with Crippen molar-refractivity contribution < 1.29 is 0 Å². The molecule has 0 aromatic rings. The summed E-state index contributed by atoms with van der Waals surface area (Å²) in [7, 11) is 0. The highest BCUT2D eigenvalue weighted by molar-refractivity contribution is 6.29. The number of rotatable bonds is 2. The van der Waals surface area contributed by atoms with Gasteiger partial charge in [0, 0.05) is 5.88 Å². The third-order valence-corrected chi connectivity index (χ3v) is 1.82. The number of alkyl halides is 2. The number of hydrogen-bond acceptors (Lipinski definition) is 0. The van der Waals surface area contributed by atoms with Crippen LogP contribution in [0.4, 0.5) is 0 Å². The molecule has 0 aromatic carbocycles. The van der Waals surface area contributed by atoms with Gasteiger partial charge in [0.2, 0.25) is 0 Å². The van der Waals surface area contributed by atoms with Crippen LogP contribution in [0.25, 0.3) is 0 Å². The van der Waals surface area contributed by atoms with Crippen LogP contribution in [0.3, 0.4) is 0 Å². The molecule has 0 aromatic heterocycles. The first kappa shape index (κ1) is 7.58. The van der Waals surface area contributed by atoms with Crippen molar-refractivity contribution in [2.75, 3.05) is 5.88 Å².